The van der Waals surface area contributed by atoms with Crippen LogP contribution in [0, 0.1) is 0 Å². The Morgan fingerprint density at radius 2 is 1.81 bits per heavy atom. The molecule has 0 aliphatic heterocycles. The van der Waals surface area contributed by atoms with Gasteiger partial charge in [-0.1, -0.05) is 42.5 Å². The van der Waals surface area contributed by atoms with E-state index in [0.717, 1.165) is 16.6 Å². The molecule has 4 aromatic rings. The number of H-pyrrole nitrogens is 2. The van der Waals surface area contributed by atoms with Gasteiger partial charge in [0.2, 0.25) is 0 Å². The summed E-state index contributed by atoms with van der Waals surface area (Å²) in [6.45, 7) is -0.0543. The minimum atomic E-state index is -0.240. The molecule has 0 fully saturated rings. The zero-order valence-electron chi connectivity index (χ0n) is 14.6. The second-order valence-electron chi connectivity index (χ2n) is 6.41. The average Bonchev–Trinajstić information content (AvgIpc) is 3.12. The summed E-state index contributed by atoms with van der Waals surface area (Å²) in [6, 6.07) is 19.1. The Bertz CT molecular complexity index is 1070. The maximum Gasteiger partial charge on any atom is 0.261 e. The van der Waals surface area contributed by atoms with Gasteiger partial charge in [-0.15, -0.1) is 0 Å². The third kappa shape index (κ3) is 3.61. The van der Waals surface area contributed by atoms with Crippen LogP contribution in [0.15, 0.2) is 71.7 Å². The molecule has 0 radical (unpaired) electrons. The number of rotatable bonds is 6. The third-order valence-electron chi connectivity index (χ3n) is 4.49. The molecule has 1 atom stereocenters. The second-order valence-corrected chi connectivity index (χ2v) is 6.41. The molecule has 0 spiro atoms. The zero-order chi connectivity index (χ0) is 18.6. The van der Waals surface area contributed by atoms with Gasteiger partial charge >= 0.3 is 0 Å². The Morgan fingerprint density at radius 3 is 2.59 bits per heavy atom. The van der Waals surface area contributed by atoms with E-state index in [1.807, 2.05) is 54.6 Å². The van der Waals surface area contributed by atoms with E-state index in [2.05, 4.69) is 20.3 Å². The Hall–Kier alpha value is -3.38. The molecule has 0 saturated heterocycles. The highest BCUT2D eigenvalue weighted by molar-refractivity contribution is 5.82. The molecule has 0 aliphatic carbocycles. The number of aromatic nitrogens is 3. The van der Waals surface area contributed by atoms with Crippen molar-refractivity contribution in [2.24, 2.45) is 0 Å². The van der Waals surface area contributed by atoms with Crippen LogP contribution in [0.1, 0.15) is 5.56 Å². The number of hydrogen-bond donors (Lipinski definition) is 4. The second kappa shape index (κ2) is 7.47. The van der Waals surface area contributed by atoms with E-state index >= 15 is 0 Å². The first kappa shape index (κ1) is 17.1. The van der Waals surface area contributed by atoms with E-state index in [4.69, 9.17) is 0 Å². The van der Waals surface area contributed by atoms with Crippen molar-refractivity contribution in [2.75, 3.05) is 11.9 Å². The fourth-order valence-electron chi connectivity index (χ4n) is 3.18. The number of nitrogens with zero attached hydrogens (tertiary/aromatic N) is 1. The Balaban J connectivity index is 1.69. The van der Waals surface area contributed by atoms with Crippen molar-refractivity contribution < 1.29 is 5.11 Å². The summed E-state index contributed by atoms with van der Waals surface area (Å²) >= 11 is 0. The topological polar surface area (TPSA) is 93.8 Å². The molecule has 0 amide bonds. The zero-order valence-corrected chi connectivity index (χ0v) is 14.6. The minimum Gasteiger partial charge on any atom is -0.394 e. The van der Waals surface area contributed by atoms with Gasteiger partial charge in [-0.3, -0.25) is 4.79 Å². The molecule has 2 aromatic carbocycles. The number of para-hydroxylation sites is 2. The van der Waals surface area contributed by atoms with Gasteiger partial charge in [0.25, 0.3) is 5.56 Å². The average molecular weight is 360 g/mol. The smallest absolute Gasteiger partial charge is 0.261 e. The van der Waals surface area contributed by atoms with Crippen LogP contribution in [0.3, 0.4) is 0 Å². The summed E-state index contributed by atoms with van der Waals surface area (Å²) in [7, 11) is 0. The molecule has 6 nitrogen and oxygen atoms in total. The predicted octanol–water partition coefficient (Wildman–Crippen LogP) is 2.93. The molecule has 0 unspecified atom stereocenters. The number of aromatic amines is 2. The van der Waals surface area contributed by atoms with E-state index in [0.29, 0.717) is 23.5 Å². The quantitative estimate of drug-likeness (QED) is 0.425. The lowest BCUT2D eigenvalue weighted by Gasteiger charge is -2.19. The predicted molar refractivity (Wildman–Crippen MR) is 107 cm³/mol. The first-order chi connectivity index (χ1) is 13.2. The fourth-order valence-corrected chi connectivity index (χ4v) is 3.18. The van der Waals surface area contributed by atoms with E-state index in [9.17, 15) is 9.90 Å². The van der Waals surface area contributed by atoms with E-state index in [-0.39, 0.29) is 18.2 Å². The number of imidazole rings is 1. The fraction of sp³-hybridized carbons (Fsp3) is 0.143. The maximum absolute atomic E-state index is 12.5. The Morgan fingerprint density at radius 1 is 1.04 bits per heavy atom. The number of benzene rings is 2. The van der Waals surface area contributed by atoms with Gasteiger partial charge < -0.3 is 20.4 Å². The summed E-state index contributed by atoms with van der Waals surface area (Å²) in [6.07, 6.45) is 2.23. The van der Waals surface area contributed by atoms with Gasteiger partial charge in [0.1, 0.15) is 11.4 Å². The SMILES string of the molecule is O=c1[nH]ccc(N[C@H](CO)Cc2ccccc2)c1-c1nc2ccccc2[nH]1. The van der Waals surface area contributed by atoms with Crippen molar-refractivity contribution in [3.8, 4) is 11.4 Å². The van der Waals surface area contributed by atoms with Crippen LogP contribution in [0.5, 0.6) is 0 Å². The molecular weight excluding hydrogens is 340 g/mol. The summed E-state index contributed by atoms with van der Waals surface area (Å²) in [5, 5.41) is 13.1. The monoisotopic (exact) mass is 360 g/mol. The van der Waals surface area contributed by atoms with E-state index in [1.165, 1.54) is 0 Å². The van der Waals surface area contributed by atoms with Gasteiger partial charge in [0.05, 0.1) is 29.4 Å². The van der Waals surface area contributed by atoms with Gasteiger partial charge in [-0.05, 0) is 30.2 Å². The highest BCUT2D eigenvalue weighted by Crippen LogP contribution is 2.25. The lowest BCUT2D eigenvalue weighted by Crippen LogP contribution is -2.28. The van der Waals surface area contributed by atoms with Crippen molar-refractivity contribution in [2.45, 2.75) is 12.5 Å². The summed E-state index contributed by atoms with van der Waals surface area (Å²) in [4.78, 5) is 23.0. The Labute approximate surface area is 155 Å². The van der Waals surface area contributed by atoms with Gasteiger partial charge in [0.15, 0.2) is 0 Å². The summed E-state index contributed by atoms with van der Waals surface area (Å²) in [5.74, 6) is 0.497. The first-order valence-electron chi connectivity index (χ1n) is 8.83. The van der Waals surface area contributed by atoms with Crippen LogP contribution in [-0.4, -0.2) is 32.7 Å². The molecule has 4 rings (SSSR count). The number of anilines is 1. The van der Waals surface area contributed by atoms with Crippen molar-refractivity contribution >= 4 is 16.7 Å². The maximum atomic E-state index is 12.5. The number of hydrogen-bond acceptors (Lipinski definition) is 4. The van der Waals surface area contributed by atoms with Gasteiger partial charge in [-0.2, -0.15) is 0 Å². The molecule has 4 N–H and O–H groups in total. The summed E-state index contributed by atoms with van der Waals surface area (Å²) < 4.78 is 0. The largest absolute Gasteiger partial charge is 0.394 e. The van der Waals surface area contributed by atoms with Crippen molar-refractivity contribution in [1.29, 1.82) is 0 Å². The highest BCUT2D eigenvalue weighted by atomic mass is 16.3. The first-order valence-corrected chi connectivity index (χ1v) is 8.83. The minimum absolute atomic E-state index is 0.0543. The lowest BCUT2D eigenvalue weighted by molar-refractivity contribution is 0.274. The molecule has 0 aliphatic rings. The van der Waals surface area contributed by atoms with Crippen LogP contribution in [0.25, 0.3) is 22.4 Å². The third-order valence-corrected chi connectivity index (χ3v) is 4.49. The molecular formula is C21H20N4O2. The lowest BCUT2D eigenvalue weighted by atomic mass is 10.1. The summed E-state index contributed by atoms with van der Waals surface area (Å²) in [5.41, 5.74) is 3.59. The molecule has 136 valence electrons. The number of fused-ring (bicyclic) bond motifs is 1. The van der Waals surface area contributed by atoms with Gasteiger partial charge in [0, 0.05) is 6.20 Å². The number of nitrogens with one attached hydrogen (secondary N) is 3. The number of aliphatic hydroxyl groups is 1. The highest BCUT2D eigenvalue weighted by Gasteiger charge is 2.17. The molecule has 27 heavy (non-hydrogen) atoms. The Kier molecular flexibility index (Phi) is 4.72. The standard InChI is InChI=1S/C21H20N4O2/c26-13-15(12-14-6-2-1-3-7-14)23-18-10-11-22-21(27)19(18)20-24-16-8-4-5-9-17(16)25-20/h1-11,15,26H,12-13H2,(H,24,25)(H2,22,23,27)/t15-/m0/s1. The molecule has 2 heterocycles. The van der Waals surface area contributed by atoms with E-state index in [1.54, 1.807) is 12.3 Å². The number of aliphatic hydroxyl groups excluding tert-OH is 1. The normalized spacial score (nSPS) is 12.2. The molecule has 0 bridgehead atoms. The molecule has 6 heteroatoms. The molecule has 2 aromatic heterocycles. The van der Waals surface area contributed by atoms with Crippen molar-refractivity contribution in [3.05, 3.63) is 82.8 Å². The number of pyridine rings is 1. The van der Waals surface area contributed by atoms with Crippen LogP contribution < -0.4 is 10.9 Å². The van der Waals surface area contributed by atoms with Gasteiger partial charge in [-0.25, -0.2) is 4.98 Å². The van der Waals surface area contributed by atoms with Crippen LogP contribution >= 0.6 is 0 Å². The van der Waals surface area contributed by atoms with Crippen molar-refractivity contribution in [1.82, 2.24) is 15.0 Å². The van der Waals surface area contributed by atoms with Crippen LogP contribution in [-0.2, 0) is 6.42 Å². The van der Waals surface area contributed by atoms with Crippen molar-refractivity contribution in [3.63, 3.8) is 0 Å². The van der Waals surface area contributed by atoms with E-state index < -0.39 is 0 Å². The molecule has 0 saturated carbocycles. The van der Waals surface area contributed by atoms with Crippen LogP contribution in [0.2, 0.25) is 0 Å². The van der Waals surface area contributed by atoms with Crippen LogP contribution in [0.4, 0.5) is 5.69 Å².